The summed E-state index contributed by atoms with van der Waals surface area (Å²) in [6.07, 6.45) is 12.0. The Kier molecular flexibility index (Phi) is 33.3. The van der Waals surface area contributed by atoms with Gasteiger partial charge in [-0.1, -0.05) is 98.4 Å². The number of aliphatic imine (C=N–C) groups is 1. The maximum Gasteiger partial charge on any atom is 0.255 e. The summed E-state index contributed by atoms with van der Waals surface area (Å²) in [4.78, 5) is 25.7. The van der Waals surface area contributed by atoms with Gasteiger partial charge in [0.15, 0.2) is 0 Å². The predicted octanol–water partition coefficient (Wildman–Crippen LogP) is 10.7. The predicted molar refractivity (Wildman–Crippen MR) is 213 cm³/mol. The molecule has 3 aliphatic rings. The Labute approximate surface area is 293 Å². The lowest BCUT2D eigenvalue weighted by Crippen LogP contribution is -2.37. The number of piperidine rings is 1. The zero-order valence-electron chi connectivity index (χ0n) is 34.0. The molecule has 0 N–H and O–H groups in total. The van der Waals surface area contributed by atoms with E-state index in [9.17, 15) is 4.79 Å². The normalized spacial score (nSPS) is 16.2. The Morgan fingerprint density at radius 2 is 1.49 bits per heavy atom. The minimum Gasteiger partial charge on any atom is -0.342 e. The van der Waals surface area contributed by atoms with Crippen LogP contribution >= 0.6 is 0 Å². The SMILES string of the molecule is C=CC.CC.CC1=NC(C)=C(C)C1.CCC.CCC.CCCN1CCCCC1.CCN(C)C(=O)c1cccc2c1=NCC(C)CC=2C. The van der Waals surface area contributed by atoms with Crippen LogP contribution in [-0.4, -0.2) is 61.2 Å². The average Bonchev–Trinajstić information content (AvgIpc) is 3.26. The first-order valence-electron chi connectivity index (χ1n) is 18.8. The summed E-state index contributed by atoms with van der Waals surface area (Å²) in [6, 6.07) is 5.93. The van der Waals surface area contributed by atoms with Gasteiger partial charge in [0, 0.05) is 38.0 Å². The molecule has 1 unspecified atom stereocenters. The third-order valence-corrected chi connectivity index (χ3v) is 7.25. The minimum atomic E-state index is 0.0606. The number of benzene rings is 1. The van der Waals surface area contributed by atoms with Gasteiger partial charge in [-0.15, -0.1) is 6.58 Å². The van der Waals surface area contributed by atoms with E-state index in [0.29, 0.717) is 12.5 Å². The smallest absolute Gasteiger partial charge is 0.255 e. The molecule has 1 aromatic rings. The molecule has 5 nitrogen and oxygen atoms in total. The van der Waals surface area contributed by atoms with E-state index in [1.807, 2.05) is 46.9 Å². The largest absolute Gasteiger partial charge is 0.342 e. The van der Waals surface area contributed by atoms with Crippen molar-refractivity contribution in [3.8, 4) is 0 Å². The Bertz CT molecular complexity index is 1120. The van der Waals surface area contributed by atoms with Gasteiger partial charge in [0.1, 0.15) is 0 Å². The molecule has 1 aromatic carbocycles. The molecule has 272 valence electrons. The van der Waals surface area contributed by atoms with Gasteiger partial charge < -0.3 is 9.80 Å². The highest BCUT2D eigenvalue weighted by atomic mass is 16.2. The summed E-state index contributed by atoms with van der Waals surface area (Å²) in [5, 5.41) is 2.02. The molecule has 47 heavy (non-hydrogen) atoms. The highest BCUT2D eigenvalue weighted by Gasteiger charge is 2.16. The van der Waals surface area contributed by atoms with Gasteiger partial charge in [-0.2, -0.15) is 0 Å². The van der Waals surface area contributed by atoms with Crippen LogP contribution in [0, 0.1) is 5.92 Å². The van der Waals surface area contributed by atoms with Gasteiger partial charge in [0.05, 0.1) is 10.9 Å². The molecular weight excluding hydrogens is 576 g/mol. The fourth-order valence-corrected chi connectivity index (χ4v) is 4.96. The highest BCUT2D eigenvalue weighted by Crippen LogP contribution is 2.17. The zero-order chi connectivity index (χ0) is 36.8. The van der Waals surface area contributed by atoms with Crippen molar-refractivity contribution >= 4 is 17.2 Å². The van der Waals surface area contributed by atoms with Crippen molar-refractivity contribution in [2.75, 3.05) is 39.8 Å². The Balaban J connectivity index is -0.000000579. The Morgan fingerprint density at radius 1 is 0.957 bits per heavy atom. The molecule has 1 fully saturated rings. The van der Waals surface area contributed by atoms with Crippen LogP contribution < -0.4 is 10.6 Å². The first-order chi connectivity index (χ1) is 22.4. The van der Waals surface area contributed by atoms with Crippen LogP contribution in [-0.2, 0) is 0 Å². The molecule has 1 saturated heterocycles. The van der Waals surface area contributed by atoms with Gasteiger partial charge in [0.2, 0.25) is 0 Å². The molecule has 5 heteroatoms. The second-order valence-corrected chi connectivity index (χ2v) is 12.6. The number of nitrogens with zero attached hydrogens (tertiary/aromatic N) is 4. The zero-order valence-corrected chi connectivity index (χ0v) is 34.0. The first-order valence-corrected chi connectivity index (χ1v) is 18.8. The summed E-state index contributed by atoms with van der Waals surface area (Å²) in [6.45, 7) is 38.1. The summed E-state index contributed by atoms with van der Waals surface area (Å²) in [5.74, 6) is 0.602. The summed E-state index contributed by atoms with van der Waals surface area (Å²) >= 11 is 0. The molecule has 1 atom stereocenters. The molecule has 0 bridgehead atoms. The quantitative estimate of drug-likeness (QED) is 0.303. The summed E-state index contributed by atoms with van der Waals surface area (Å²) in [7, 11) is 1.83. The number of likely N-dealkylation sites (tertiary alicyclic amines) is 1. The average molecular weight is 655 g/mol. The lowest BCUT2D eigenvalue weighted by molar-refractivity contribution is 0.0800. The number of carbonyl (C=O) groups excluding carboxylic acids is 1. The minimum absolute atomic E-state index is 0.0606. The van der Waals surface area contributed by atoms with E-state index in [4.69, 9.17) is 0 Å². The highest BCUT2D eigenvalue weighted by molar-refractivity contribution is 5.94. The van der Waals surface area contributed by atoms with E-state index in [1.165, 1.54) is 80.7 Å². The maximum atomic E-state index is 12.4. The fourth-order valence-electron chi connectivity index (χ4n) is 4.96. The number of rotatable bonds is 4. The number of allylic oxidation sites excluding steroid dienone is 3. The molecule has 0 aliphatic carbocycles. The van der Waals surface area contributed by atoms with Gasteiger partial charge in [-0.25, -0.2) is 0 Å². The van der Waals surface area contributed by atoms with Crippen molar-refractivity contribution in [2.24, 2.45) is 15.9 Å². The van der Waals surface area contributed by atoms with E-state index in [1.54, 1.807) is 11.0 Å². The van der Waals surface area contributed by atoms with Crippen molar-refractivity contribution in [3.05, 3.63) is 58.3 Å². The van der Waals surface area contributed by atoms with E-state index in [0.717, 1.165) is 35.5 Å². The molecule has 3 aliphatic heterocycles. The monoisotopic (exact) mass is 655 g/mol. The lowest BCUT2D eigenvalue weighted by atomic mass is 10.0. The molecule has 1 amide bonds. The van der Waals surface area contributed by atoms with Crippen molar-refractivity contribution in [1.29, 1.82) is 0 Å². The van der Waals surface area contributed by atoms with Crippen LogP contribution in [0.15, 0.2) is 52.1 Å². The molecular formula is C42H78N4O. The van der Waals surface area contributed by atoms with Crippen molar-refractivity contribution in [1.82, 2.24) is 9.80 Å². The third-order valence-electron chi connectivity index (χ3n) is 7.25. The van der Waals surface area contributed by atoms with E-state index < -0.39 is 0 Å². The molecule has 3 heterocycles. The second-order valence-electron chi connectivity index (χ2n) is 12.6. The van der Waals surface area contributed by atoms with Crippen molar-refractivity contribution in [3.63, 3.8) is 0 Å². The summed E-state index contributed by atoms with van der Waals surface area (Å²) in [5.41, 5.74) is 5.94. The maximum absolute atomic E-state index is 12.4. The number of para-hydroxylation sites is 1. The number of amides is 1. The van der Waals surface area contributed by atoms with E-state index in [2.05, 4.69) is 96.8 Å². The molecule has 0 saturated carbocycles. The molecule has 0 radical (unpaired) electrons. The van der Waals surface area contributed by atoms with Gasteiger partial charge in [-0.3, -0.25) is 14.8 Å². The molecule has 0 aromatic heterocycles. The van der Waals surface area contributed by atoms with Crippen molar-refractivity contribution in [2.45, 2.75) is 148 Å². The van der Waals surface area contributed by atoms with Gasteiger partial charge in [0.25, 0.3) is 5.91 Å². The van der Waals surface area contributed by atoms with Crippen LogP contribution in [0.25, 0.3) is 5.57 Å². The Hall–Kier alpha value is -2.53. The van der Waals surface area contributed by atoms with Crippen LogP contribution in [0.2, 0.25) is 0 Å². The topological polar surface area (TPSA) is 48.3 Å². The number of hydrogen-bond acceptors (Lipinski definition) is 4. The van der Waals surface area contributed by atoms with E-state index in [-0.39, 0.29) is 5.91 Å². The van der Waals surface area contributed by atoms with Crippen LogP contribution in [0.5, 0.6) is 0 Å². The number of carbonyl (C=O) groups is 1. The molecule has 0 spiro atoms. The molecule has 4 rings (SSSR count). The second kappa shape index (κ2) is 32.0. The van der Waals surface area contributed by atoms with Crippen LogP contribution in [0.4, 0.5) is 0 Å². The lowest BCUT2D eigenvalue weighted by Gasteiger charge is -2.25. The first kappa shape index (κ1) is 48.9. The van der Waals surface area contributed by atoms with Gasteiger partial charge >= 0.3 is 0 Å². The Morgan fingerprint density at radius 3 is 1.89 bits per heavy atom. The van der Waals surface area contributed by atoms with Crippen molar-refractivity contribution < 1.29 is 4.79 Å². The number of hydrogen-bond donors (Lipinski definition) is 0. The summed E-state index contributed by atoms with van der Waals surface area (Å²) < 4.78 is 0. The van der Waals surface area contributed by atoms with E-state index >= 15 is 0 Å². The fraction of sp³-hybridized carbons (Fsp3) is 0.690. The van der Waals surface area contributed by atoms with Crippen LogP contribution in [0.3, 0.4) is 0 Å². The number of fused-ring (bicyclic) bond motifs is 1. The van der Waals surface area contributed by atoms with Gasteiger partial charge in [-0.05, 0) is 110 Å². The van der Waals surface area contributed by atoms with Crippen LogP contribution in [0.1, 0.15) is 159 Å². The standard InChI is InChI=1S/C16H22N2O.C8H17N.C7H11N.2C3H8.C3H6.C2H6/c1-5-18(4)16(19)14-8-6-7-13-12(3)9-11(2)10-17-15(13)14;1-2-6-9-7-4-3-5-8-9;1-5-4-6(2)8-7(5)3;3*1-3-2;1-2/h6-8,11H,5,9-10H2,1-4H3;2-8H2,1H3;4H2,1-3H3;2*3H2,1-2H3;3H,1H2,2H3;1-2H3. The third kappa shape index (κ3) is 22.6.